The molecule has 1 saturated carbocycles. The van der Waals surface area contributed by atoms with Crippen molar-refractivity contribution in [1.29, 1.82) is 0 Å². The lowest BCUT2D eigenvalue weighted by Gasteiger charge is -2.28. The first-order valence-corrected chi connectivity index (χ1v) is 8.19. The standard InChI is InChI=1S/C18H21FN2O2/c19-14-10-8-13(9-11-14)18(23)21-12-4-7-16(21)17(22)20-15-5-2-1-3-6-15/h4,7-11,15-16H,1-3,5-6,12H2,(H,20,22)/t16-/m0/s1. The zero-order valence-corrected chi connectivity index (χ0v) is 13.0. The van der Waals surface area contributed by atoms with E-state index in [9.17, 15) is 14.0 Å². The summed E-state index contributed by atoms with van der Waals surface area (Å²) in [5.74, 6) is -0.757. The van der Waals surface area contributed by atoms with Gasteiger partial charge in [0.25, 0.3) is 5.91 Å². The molecule has 23 heavy (non-hydrogen) atoms. The lowest BCUT2D eigenvalue weighted by molar-refractivity contribution is -0.124. The largest absolute Gasteiger partial charge is 0.351 e. The van der Waals surface area contributed by atoms with Crippen LogP contribution in [0.4, 0.5) is 4.39 Å². The summed E-state index contributed by atoms with van der Waals surface area (Å²) >= 11 is 0. The van der Waals surface area contributed by atoms with Crippen LogP contribution in [0.5, 0.6) is 0 Å². The Hall–Kier alpha value is -2.17. The Morgan fingerprint density at radius 1 is 1.09 bits per heavy atom. The number of carbonyl (C=O) groups is 2. The van der Waals surface area contributed by atoms with Gasteiger partial charge in [-0.05, 0) is 37.1 Å². The second-order valence-electron chi connectivity index (χ2n) is 6.18. The molecule has 2 amide bonds. The zero-order chi connectivity index (χ0) is 16.2. The van der Waals surface area contributed by atoms with E-state index in [4.69, 9.17) is 0 Å². The van der Waals surface area contributed by atoms with Crippen molar-refractivity contribution in [2.24, 2.45) is 0 Å². The lowest BCUT2D eigenvalue weighted by atomic mass is 9.95. The summed E-state index contributed by atoms with van der Waals surface area (Å²) in [7, 11) is 0. The van der Waals surface area contributed by atoms with Crippen molar-refractivity contribution < 1.29 is 14.0 Å². The van der Waals surface area contributed by atoms with Gasteiger partial charge < -0.3 is 10.2 Å². The molecule has 4 nitrogen and oxygen atoms in total. The Balaban J connectivity index is 1.66. The third kappa shape index (κ3) is 3.60. The van der Waals surface area contributed by atoms with Crippen LogP contribution in [0.2, 0.25) is 0 Å². The molecule has 1 atom stereocenters. The highest BCUT2D eigenvalue weighted by molar-refractivity contribution is 5.98. The van der Waals surface area contributed by atoms with Crippen molar-refractivity contribution >= 4 is 11.8 Å². The fourth-order valence-electron chi connectivity index (χ4n) is 3.25. The monoisotopic (exact) mass is 316 g/mol. The van der Waals surface area contributed by atoms with Crippen LogP contribution >= 0.6 is 0 Å². The molecule has 1 N–H and O–H groups in total. The molecule has 1 aliphatic carbocycles. The molecule has 5 heteroatoms. The van der Waals surface area contributed by atoms with E-state index in [2.05, 4.69) is 5.32 Å². The maximum atomic E-state index is 13.0. The van der Waals surface area contributed by atoms with Crippen LogP contribution in [0.15, 0.2) is 36.4 Å². The number of nitrogens with one attached hydrogen (secondary N) is 1. The van der Waals surface area contributed by atoms with Gasteiger partial charge in [-0.2, -0.15) is 0 Å². The molecule has 0 unspecified atom stereocenters. The number of hydrogen-bond donors (Lipinski definition) is 1. The molecule has 0 radical (unpaired) electrons. The van der Waals surface area contributed by atoms with Crippen LogP contribution in [-0.4, -0.2) is 35.3 Å². The van der Waals surface area contributed by atoms with E-state index < -0.39 is 6.04 Å². The predicted molar refractivity (Wildman–Crippen MR) is 85.4 cm³/mol. The number of amides is 2. The van der Waals surface area contributed by atoms with Crippen molar-refractivity contribution in [1.82, 2.24) is 10.2 Å². The molecular weight excluding hydrogens is 295 g/mol. The van der Waals surface area contributed by atoms with Crippen LogP contribution in [0.3, 0.4) is 0 Å². The van der Waals surface area contributed by atoms with E-state index >= 15 is 0 Å². The van der Waals surface area contributed by atoms with E-state index in [1.165, 1.54) is 35.6 Å². The van der Waals surface area contributed by atoms with Crippen molar-refractivity contribution in [3.8, 4) is 0 Å². The lowest BCUT2D eigenvalue weighted by Crippen LogP contribution is -2.49. The van der Waals surface area contributed by atoms with E-state index in [-0.39, 0.29) is 23.7 Å². The molecule has 1 aliphatic heterocycles. The summed E-state index contributed by atoms with van der Waals surface area (Å²) in [6.45, 7) is 0.402. The third-order valence-electron chi connectivity index (χ3n) is 4.53. The SMILES string of the molecule is O=C(NC1CCCCC1)[C@@H]1C=CCN1C(=O)c1ccc(F)cc1. The van der Waals surface area contributed by atoms with Gasteiger partial charge in [0.1, 0.15) is 11.9 Å². The van der Waals surface area contributed by atoms with Crippen LogP contribution < -0.4 is 5.32 Å². The van der Waals surface area contributed by atoms with E-state index in [1.807, 2.05) is 6.08 Å². The zero-order valence-electron chi connectivity index (χ0n) is 13.0. The average Bonchev–Trinajstić information content (AvgIpc) is 3.05. The number of nitrogens with zero attached hydrogens (tertiary/aromatic N) is 1. The first kappa shape index (κ1) is 15.7. The summed E-state index contributed by atoms with van der Waals surface area (Å²) < 4.78 is 13.0. The average molecular weight is 316 g/mol. The summed E-state index contributed by atoms with van der Waals surface area (Å²) in [4.78, 5) is 26.6. The van der Waals surface area contributed by atoms with Crippen LogP contribution in [0.25, 0.3) is 0 Å². The second kappa shape index (κ2) is 6.94. The van der Waals surface area contributed by atoms with Gasteiger partial charge in [-0.1, -0.05) is 31.4 Å². The molecule has 1 aromatic carbocycles. The first-order chi connectivity index (χ1) is 11.1. The van der Waals surface area contributed by atoms with Gasteiger partial charge in [0.05, 0.1) is 0 Å². The fourth-order valence-corrected chi connectivity index (χ4v) is 3.25. The highest BCUT2D eigenvalue weighted by Gasteiger charge is 2.32. The van der Waals surface area contributed by atoms with Gasteiger partial charge in [0, 0.05) is 18.2 Å². The fraction of sp³-hybridized carbons (Fsp3) is 0.444. The van der Waals surface area contributed by atoms with Gasteiger partial charge in [0.15, 0.2) is 0 Å². The Morgan fingerprint density at radius 3 is 2.48 bits per heavy atom. The molecular formula is C18H21FN2O2. The molecule has 1 heterocycles. The summed E-state index contributed by atoms with van der Waals surface area (Å²) in [6, 6.07) is 5.06. The maximum absolute atomic E-state index is 13.0. The van der Waals surface area contributed by atoms with Crippen LogP contribution in [0.1, 0.15) is 42.5 Å². The van der Waals surface area contributed by atoms with Crippen molar-refractivity contribution in [2.75, 3.05) is 6.54 Å². The van der Waals surface area contributed by atoms with Gasteiger partial charge in [0.2, 0.25) is 5.91 Å². The smallest absolute Gasteiger partial charge is 0.255 e. The molecule has 122 valence electrons. The van der Waals surface area contributed by atoms with Gasteiger partial charge in [-0.3, -0.25) is 9.59 Å². The van der Waals surface area contributed by atoms with Crippen molar-refractivity contribution in [3.63, 3.8) is 0 Å². The minimum Gasteiger partial charge on any atom is -0.351 e. The second-order valence-corrected chi connectivity index (χ2v) is 6.18. The van der Waals surface area contributed by atoms with Gasteiger partial charge in [-0.25, -0.2) is 4.39 Å². The topological polar surface area (TPSA) is 49.4 Å². The molecule has 0 saturated heterocycles. The molecule has 1 fully saturated rings. The molecule has 0 spiro atoms. The number of carbonyl (C=O) groups excluding carboxylic acids is 2. The summed E-state index contributed by atoms with van der Waals surface area (Å²) in [6.07, 6.45) is 9.12. The number of rotatable bonds is 3. The van der Waals surface area contributed by atoms with Gasteiger partial charge >= 0.3 is 0 Å². The third-order valence-corrected chi connectivity index (χ3v) is 4.53. The molecule has 0 aromatic heterocycles. The Kier molecular flexibility index (Phi) is 4.74. The first-order valence-electron chi connectivity index (χ1n) is 8.19. The van der Waals surface area contributed by atoms with E-state index in [0.717, 1.165) is 25.7 Å². The predicted octanol–water partition coefficient (Wildman–Crippen LogP) is 2.66. The Bertz CT molecular complexity index is 606. The van der Waals surface area contributed by atoms with Crippen molar-refractivity contribution in [3.05, 3.63) is 47.8 Å². The Labute approximate surface area is 135 Å². The molecule has 2 aliphatic rings. The van der Waals surface area contributed by atoms with Crippen LogP contribution in [-0.2, 0) is 4.79 Å². The highest BCUT2D eigenvalue weighted by Crippen LogP contribution is 2.19. The number of benzene rings is 1. The Morgan fingerprint density at radius 2 is 1.78 bits per heavy atom. The highest BCUT2D eigenvalue weighted by atomic mass is 19.1. The van der Waals surface area contributed by atoms with Crippen LogP contribution in [0, 0.1) is 5.82 Å². The number of halogens is 1. The normalized spacial score (nSPS) is 21.4. The maximum Gasteiger partial charge on any atom is 0.255 e. The quantitative estimate of drug-likeness (QED) is 0.872. The van der Waals surface area contributed by atoms with Crippen molar-refractivity contribution in [2.45, 2.75) is 44.2 Å². The molecule has 0 bridgehead atoms. The van der Waals surface area contributed by atoms with E-state index in [0.29, 0.717) is 12.1 Å². The molecule has 3 rings (SSSR count). The number of hydrogen-bond acceptors (Lipinski definition) is 2. The summed E-state index contributed by atoms with van der Waals surface area (Å²) in [5.41, 5.74) is 0.394. The minimum absolute atomic E-state index is 0.124. The van der Waals surface area contributed by atoms with Gasteiger partial charge in [-0.15, -0.1) is 0 Å². The summed E-state index contributed by atoms with van der Waals surface area (Å²) in [5, 5.41) is 3.06. The minimum atomic E-state index is -0.575. The van der Waals surface area contributed by atoms with E-state index in [1.54, 1.807) is 6.08 Å². The molecule has 1 aromatic rings.